The number of carbonyl (C=O) groups excluding carboxylic acids is 1. The first-order chi connectivity index (χ1) is 8.56. The molecule has 2 rings (SSSR count). The van der Waals surface area contributed by atoms with Gasteiger partial charge >= 0.3 is 0 Å². The molecule has 4 heteroatoms. The molecule has 1 saturated carbocycles. The van der Waals surface area contributed by atoms with Gasteiger partial charge in [0, 0.05) is 11.7 Å². The molecule has 1 amide bonds. The van der Waals surface area contributed by atoms with E-state index in [9.17, 15) is 4.79 Å². The summed E-state index contributed by atoms with van der Waals surface area (Å²) in [5.41, 5.74) is 6.56. The SMILES string of the molecule is CC1CCCC(Nc2ccc(C(N)=O)c(Cl)c2)C1. The zero-order valence-corrected chi connectivity index (χ0v) is 11.3. The van der Waals surface area contributed by atoms with Gasteiger partial charge in [-0.15, -0.1) is 0 Å². The molecule has 0 spiro atoms. The smallest absolute Gasteiger partial charge is 0.250 e. The molecule has 18 heavy (non-hydrogen) atoms. The van der Waals surface area contributed by atoms with E-state index in [1.54, 1.807) is 12.1 Å². The standard InChI is InChI=1S/C14H19ClN2O/c1-9-3-2-4-10(7-9)17-11-5-6-12(14(16)18)13(15)8-11/h5-6,8-10,17H,2-4,7H2,1H3,(H2,16,18). The molecule has 0 radical (unpaired) electrons. The van der Waals surface area contributed by atoms with Crippen LogP contribution in [0.5, 0.6) is 0 Å². The second kappa shape index (κ2) is 5.61. The summed E-state index contributed by atoms with van der Waals surface area (Å²) in [4.78, 5) is 11.1. The molecule has 1 aromatic rings. The number of rotatable bonds is 3. The van der Waals surface area contributed by atoms with Gasteiger partial charge in [-0.25, -0.2) is 0 Å². The fourth-order valence-corrected chi connectivity index (χ4v) is 2.88. The van der Waals surface area contributed by atoms with Crippen molar-refractivity contribution in [2.24, 2.45) is 11.7 Å². The molecule has 2 unspecified atom stereocenters. The quantitative estimate of drug-likeness (QED) is 0.881. The number of benzene rings is 1. The topological polar surface area (TPSA) is 55.1 Å². The summed E-state index contributed by atoms with van der Waals surface area (Å²) < 4.78 is 0. The summed E-state index contributed by atoms with van der Waals surface area (Å²) >= 11 is 6.03. The van der Waals surface area contributed by atoms with Gasteiger partial charge in [-0.05, 0) is 37.0 Å². The molecule has 2 atom stereocenters. The average Bonchev–Trinajstić information content (AvgIpc) is 2.28. The van der Waals surface area contributed by atoms with Gasteiger partial charge in [-0.3, -0.25) is 4.79 Å². The number of amides is 1. The average molecular weight is 267 g/mol. The number of hydrogen-bond acceptors (Lipinski definition) is 2. The van der Waals surface area contributed by atoms with E-state index in [0.29, 0.717) is 16.6 Å². The number of hydrogen-bond donors (Lipinski definition) is 2. The lowest BCUT2D eigenvalue weighted by molar-refractivity contribution is 0.100. The normalized spacial score (nSPS) is 23.7. The third kappa shape index (κ3) is 3.16. The van der Waals surface area contributed by atoms with Crippen LogP contribution in [0, 0.1) is 5.92 Å². The molecule has 1 fully saturated rings. The Kier molecular flexibility index (Phi) is 4.12. The number of carbonyl (C=O) groups is 1. The maximum Gasteiger partial charge on any atom is 0.250 e. The van der Waals surface area contributed by atoms with Gasteiger partial charge < -0.3 is 11.1 Å². The molecule has 3 N–H and O–H groups in total. The van der Waals surface area contributed by atoms with Crippen LogP contribution in [0.2, 0.25) is 5.02 Å². The van der Waals surface area contributed by atoms with Crippen LogP contribution in [0.3, 0.4) is 0 Å². The second-order valence-electron chi connectivity index (χ2n) is 5.17. The minimum absolute atomic E-state index is 0.374. The summed E-state index contributed by atoms with van der Waals surface area (Å²) in [7, 11) is 0. The van der Waals surface area contributed by atoms with Crippen LogP contribution in [0.25, 0.3) is 0 Å². The molecular weight excluding hydrogens is 248 g/mol. The predicted octanol–water partition coefficient (Wildman–Crippen LogP) is 3.43. The fourth-order valence-electron chi connectivity index (χ4n) is 2.61. The van der Waals surface area contributed by atoms with Crippen LogP contribution in [-0.4, -0.2) is 11.9 Å². The van der Waals surface area contributed by atoms with Crippen molar-refractivity contribution in [1.82, 2.24) is 0 Å². The maximum absolute atomic E-state index is 11.1. The molecule has 98 valence electrons. The highest BCUT2D eigenvalue weighted by molar-refractivity contribution is 6.34. The zero-order valence-electron chi connectivity index (χ0n) is 10.6. The number of nitrogens with two attached hydrogens (primary N) is 1. The van der Waals surface area contributed by atoms with E-state index >= 15 is 0 Å². The van der Waals surface area contributed by atoms with Gasteiger partial charge in [0.25, 0.3) is 0 Å². The van der Waals surface area contributed by atoms with E-state index in [2.05, 4.69) is 12.2 Å². The van der Waals surface area contributed by atoms with E-state index in [1.165, 1.54) is 25.7 Å². The Balaban J connectivity index is 2.05. The highest BCUT2D eigenvalue weighted by Gasteiger charge is 2.18. The molecule has 0 aromatic heterocycles. The Morgan fingerprint density at radius 2 is 2.22 bits per heavy atom. The summed E-state index contributed by atoms with van der Waals surface area (Å²) in [6.07, 6.45) is 4.97. The lowest BCUT2D eigenvalue weighted by atomic mass is 9.87. The molecular formula is C14H19ClN2O. The number of halogens is 1. The summed E-state index contributed by atoms with van der Waals surface area (Å²) in [6, 6.07) is 5.83. The Bertz CT molecular complexity index is 447. The third-order valence-electron chi connectivity index (χ3n) is 3.54. The van der Waals surface area contributed by atoms with Crippen molar-refractivity contribution >= 4 is 23.2 Å². The fraction of sp³-hybridized carbons (Fsp3) is 0.500. The van der Waals surface area contributed by atoms with Crippen molar-refractivity contribution in [2.75, 3.05) is 5.32 Å². The summed E-state index contributed by atoms with van der Waals surface area (Å²) in [6.45, 7) is 2.29. The molecule has 0 saturated heterocycles. The first-order valence-corrected chi connectivity index (χ1v) is 6.80. The van der Waals surface area contributed by atoms with Crippen LogP contribution < -0.4 is 11.1 Å². The van der Waals surface area contributed by atoms with Crippen molar-refractivity contribution < 1.29 is 4.79 Å². The minimum Gasteiger partial charge on any atom is -0.382 e. The summed E-state index contributed by atoms with van der Waals surface area (Å²) in [5, 5.41) is 3.89. The monoisotopic (exact) mass is 266 g/mol. The highest BCUT2D eigenvalue weighted by atomic mass is 35.5. The highest BCUT2D eigenvalue weighted by Crippen LogP contribution is 2.27. The lowest BCUT2D eigenvalue weighted by Gasteiger charge is -2.28. The second-order valence-corrected chi connectivity index (χ2v) is 5.58. The van der Waals surface area contributed by atoms with Crippen LogP contribution in [0.1, 0.15) is 43.0 Å². The Labute approximate surface area is 113 Å². The van der Waals surface area contributed by atoms with Crippen LogP contribution in [0.15, 0.2) is 18.2 Å². The van der Waals surface area contributed by atoms with Crippen molar-refractivity contribution in [2.45, 2.75) is 38.6 Å². The first-order valence-electron chi connectivity index (χ1n) is 6.42. The Hall–Kier alpha value is -1.22. The summed E-state index contributed by atoms with van der Waals surface area (Å²) in [5.74, 6) is 0.287. The van der Waals surface area contributed by atoms with Gasteiger partial charge in [-0.2, -0.15) is 0 Å². The first kappa shape index (κ1) is 13.2. The van der Waals surface area contributed by atoms with Gasteiger partial charge in [0.05, 0.1) is 10.6 Å². The van der Waals surface area contributed by atoms with E-state index in [0.717, 1.165) is 11.6 Å². The lowest BCUT2D eigenvalue weighted by Crippen LogP contribution is -2.26. The van der Waals surface area contributed by atoms with Crippen molar-refractivity contribution in [3.05, 3.63) is 28.8 Å². The van der Waals surface area contributed by atoms with Crippen LogP contribution in [0.4, 0.5) is 5.69 Å². The van der Waals surface area contributed by atoms with Crippen molar-refractivity contribution in [3.63, 3.8) is 0 Å². The molecule has 3 nitrogen and oxygen atoms in total. The van der Waals surface area contributed by atoms with Gasteiger partial charge in [0.15, 0.2) is 0 Å². The Morgan fingerprint density at radius 1 is 1.44 bits per heavy atom. The van der Waals surface area contributed by atoms with Gasteiger partial charge in [0.1, 0.15) is 0 Å². The number of anilines is 1. The molecule has 0 heterocycles. The number of nitrogens with one attached hydrogen (secondary N) is 1. The van der Waals surface area contributed by atoms with E-state index in [1.807, 2.05) is 6.07 Å². The minimum atomic E-state index is -0.488. The van der Waals surface area contributed by atoms with E-state index in [4.69, 9.17) is 17.3 Å². The van der Waals surface area contributed by atoms with Gasteiger partial charge in [-0.1, -0.05) is 31.4 Å². The largest absolute Gasteiger partial charge is 0.382 e. The van der Waals surface area contributed by atoms with Crippen LogP contribution >= 0.6 is 11.6 Å². The molecule has 1 aliphatic carbocycles. The van der Waals surface area contributed by atoms with Crippen molar-refractivity contribution in [3.8, 4) is 0 Å². The Morgan fingerprint density at radius 3 is 2.83 bits per heavy atom. The third-order valence-corrected chi connectivity index (χ3v) is 3.85. The zero-order chi connectivity index (χ0) is 13.1. The van der Waals surface area contributed by atoms with Crippen LogP contribution in [-0.2, 0) is 0 Å². The molecule has 0 bridgehead atoms. The molecule has 0 aliphatic heterocycles. The van der Waals surface area contributed by atoms with E-state index < -0.39 is 5.91 Å². The number of primary amides is 1. The van der Waals surface area contributed by atoms with Crippen molar-refractivity contribution in [1.29, 1.82) is 0 Å². The predicted molar refractivity (Wildman–Crippen MR) is 75.0 cm³/mol. The maximum atomic E-state index is 11.1. The molecule has 1 aromatic carbocycles. The van der Waals surface area contributed by atoms with Gasteiger partial charge in [0.2, 0.25) is 5.91 Å². The molecule has 1 aliphatic rings. The van der Waals surface area contributed by atoms with E-state index in [-0.39, 0.29) is 0 Å².